The number of methoxy groups -OCH3 is 1. The maximum absolute atomic E-state index is 13.2. The topological polar surface area (TPSA) is 55.6 Å². The summed E-state index contributed by atoms with van der Waals surface area (Å²) >= 11 is 12.4. The summed E-state index contributed by atoms with van der Waals surface area (Å²) < 4.78 is 24.0. The standard InChI is InChI=1S/C20H15Cl2FN2O3/c1-27-19-15(22)7-6-14(21)17(19)20(26)25-9-8-16-13(10-25)18(28-24-16)11-2-4-12(23)5-3-11/h2-7H,8-10H2,1H3. The highest BCUT2D eigenvalue weighted by Gasteiger charge is 2.31. The fraction of sp³-hybridized carbons (Fsp3) is 0.200. The van der Waals surface area contributed by atoms with E-state index in [1.807, 2.05) is 0 Å². The molecule has 28 heavy (non-hydrogen) atoms. The third-order valence-electron chi connectivity index (χ3n) is 4.71. The van der Waals surface area contributed by atoms with E-state index in [1.165, 1.54) is 19.2 Å². The number of carbonyl (C=O) groups excluding carboxylic acids is 1. The van der Waals surface area contributed by atoms with Crippen molar-refractivity contribution in [1.29, 1.82) is 0 Å². The minimum atomic E-state index is -0.336. The van der Waals surface area contributed by atoms with Crippen molar-refractivity contribution in [2.24, 2.45) is 0 Å². The predicted octanol–water partition coefficient (Wildman–Crippen LogP) is 4.99. The Morgan fingerprint density at radius 2 is 1.89 bits per heavy atom. The SMILES string of the molecule is COc1c(Cl)ccc(Cl)c1C(=O)N1CCc2noc(-c3ccc(F)cc3)c2C1. The Labute approximate surface area is 170 Å². The number of benzene rings is 2. The largest absolute Gasteiger partial charge is 0.494 e. The van der Waals surface area contributed by atoms with Crippen LogP contribution >= 0.6 is 23.2 Å². The summed E-state index contributed by atoms with van der Waals surface area (Å²) in [6, 6.07) is 9.10. The van der Waals surface area contributed by atoms with Crippen molar-refractivity contribution < 1.29 is 18.4 Å². The van der Waals surface area contributed by atoms with Gasteiger partial charge in [-0.2, -0.15) is 0 Å². The van der Waals surface area contributed by atoms with Crippen LogP contribution in [-0.2, 0) is 13.0 Å². The molecule has 1 aliphatic heterocycles. The summed E-state index contributed by atoms with van der Waals surface area (Å²) in [5, 5.41) is 4.68. The maximum Gasteiger partial charge on any atom is 0.259 e. The number of hydrogen-bond acceptors (Lipinski definition) is 4. The zero-order valence-corrected chi connectivity index (χ0v) is 16.4. The molecule has 0 atom stereocenters. The van der Waals surface area contributed by atoms with Crippen LogP contribution in [0.2, 0.25) is 10.0 Å². The van der Waals surface area contributed by atoms with Gasteiger partial charge in [0.15, 0.2) is 11.5 Å². The van der Waals surface area contributed by atoms with E-state index in [1.54, 1.807) is 29.2 Å². The van der Waals surface area contributed by atoms with E-state index in [9.17, 15) is 9.18 Å². The number of amides is 1. The average molecular weight is 421 g/mol. The molecule has 1 aromatic heterocycles. The second-order valence-electron chi connectivity index (χ2n) is 6.36. The molecule has 0 saturated carbocycles. The third kappa shape index (κ3) is 3.23. The van der Waals surface area contributed by atoms with Gasteiger partial charge in [0.2, 0.25) is 0 Å². The second-order valence-corrected chi connectivity index (χ2v) is 7.17. The first-order valence-electron chi connectivity index (χ1n) is 8.54. The molecule has 0 spiro atoms. The quantitative estimate of drug-likeness (QED) is 0.598. The third-order valence-corrected chi connectivity index (χ3v) is 5.32. The molecule has 0 saturated heterocycles. The number of rotatable bonds is 3. The zero-order valence-electron chi connectivity index (χ0n) is 14.8. The average Bonchev–Trinajstić information content (AvgIpc) is 3.12. The lowest BCUT2D eigenvalue weighted by Crippen LogP contribution is -2.36. The van der Waals surface area contributed by atoms with Gasteiger partial charge in [-0.1, -0.05) is 28.4 Å². The monoisotopic (exact) mass is 420 g/mol. The summed E-state index contributed by atoms with van der Waals surface area (Å²) in [5.74, 6) is 0.142. The van der Waals surface area contributed by atoms with Crippen LogP contribution in [0.15, 0.2) is 40.9 Å². The Balaban J connectivity index is 1.68. The summed E-state index contributed by atoms with van der Waals surface area (Å²) in [5.41, 5.74) is 2.50. The van der Waals surface area contributed by atoms with Crippen molar-refractivity contribution in [3.8, 4) is 17.1 Å². The van der Waals surface area contributed by atoms with Gasteiger partial charge in [0.25, 0.3) is 5.91 Å². The van der Waals surface area contributed by atoms with E-state index in [-0.39, 0.29) is 34.6 Å². The molecule has 2 aromatic carbocycles. The Morgan fingerprint density at radius 1 is 1.18 bits per heavy atom. The van der Waals surface area contributed by atoms with E-state index >= 15 is 0 Å². The lowest BCUT2D eigenvalue weighted by molar-refractivity contribution is 0.0731. The van der Waals surface area contributed by atoms with Crippen molar-refractivity contribution >= 4 is 29.1 Å². The molecule has 0 radical (unpaired) electrons. The molecular weight excluding hydrogens is 406 g/mol. The van der Waals surface area contributed by atoms with Gasteiger partial charge in [0.05, 0.1) is 29.4 Å². The minimum absolute atomic E-state index is 0.222. The van der Waals surface area contributed by atoms with Crippen molar-refractivity contribution in [3.63, 3.8) is 0 Å². The molecule has 3 aromatic rings. The van der Waals surface area contributed by atoms with Crippen molar-refractivity contribution in [2.75, 3.05) is 13.7 Å². The highest BCUT2D eigenvalue weighted by atomic mass is 35.5. The summed E-state index contributed by atoms with van der Waals surface area (Å²) in [4.78, 5) is 14.8. The van der Waals surface area contributed by atoms with Crippen LogP contribution in [0.5, 0.6) is 5.75 Å². The van der Waals surface area contributed by atoms with Crippen molar-refractivity contribution in [3.05, 3.63) is 69.1 Å². The molecule has 2 heterocycles. The van der Waals surface area contributed by atoms with Gasteiger partial charge in [0, 0.05) is 24.1 Å². The lowest BCUT2D eigenvalue weighted by Gasteiger charge is -2.27. The molecule has 1 amide bonds. The number of aromatic nitrogens is 1. The molecule has 8 heteroatoms. The zero-order chi connectivity index (χ0) is 19.8. The number of halogens is 3. The summed E-state index contributed by atoms with van der Waals surface area (Å²) in [6.07, 6.45) is 0.534. The van der Waals surface area contributed by atoms with Crippen LogP contribution < -0.4 is 4.74 Å². The first-order chi connectivity index (χ1) is 13.5. The Kier molecular flexibility index (Phi) is 5.00. The van der Waals surface area contributed by atoms with E-state index in [0.29, 0.717) is 29.3 Å². The van der Waals surface area contributed by atoms with Crippen molar-refractivity contribution in [1.82, 2.24) is 10.1 Å². The van der Waals surface area contributed by atoms with Gasteiger partial charge >= 0.3 is 0 Å². The smallest absolute Gasteiger partial charge is 0.259 e. The lowest BCUT2D eigenvalue weighted by atomic mass is 10.0. The number of hydrogen-bond donors (Lipinski definition) is 0. The van der Waals surface area contributed by atoms with Crippen molar-refractivity contribution in [2.45, 2.75) is 13.0 Å². The van der Waals surface area contributed by atoms with E-state index in [2.05, 4.69) is 5.16 Å². The molecule has 4 rings (SSSR count). The molecular formula is C20H15Cl2FN2O3. The van der Waals surface area contributed by atoms with Gasteiger partial charge in [-0.3, -0.25) is 4.79 Å². The van der Waals surface area contributed by atoms with E-state index < -0.39 is 0 Å². The summed E-state index contributed by atoms with van der Waals surface area (Å²) in [7, 11) is 1.44. The molecule has 0 bridgehead atoms. The molecule has 5 nitrogen and oxygen atoms in total. The first-order valence-corrected chi connectivity index (χ1v) is 9.29. The fourth-order valence-corrected chi connectivity index (χ4v) is 3.77. The Morgan fingerprint density at radius 3 is 2.61 bits per heavy atom. The minimum Gasteiger partial charge on any atom is -0.494 e. The van der Waals surface area contributed by atoms with E-state index in [4.69, 9.17) is 32.5 Å². The van der Waals surface area contributed by atoms with Gasteiger partial charge in [-0.15, -0.1) is 0 Å². The van der Waals surface area contributed by atoms with Crippen LogP contribution in [0.3, 0.4) is 0 Å². The fourth-order valence-electron chi connectivity index (χ4n) is 3.30. The molecule has 1 aliphatic rings. The van der Waals surface area contributed by atoms with Gasteiger partial charge in [-0.05, 0) is 36.4 Å². The molecule has 0 N–H and O–H groups in total. The normalized spacial score (nSPS) is 13.4. The van der Waals surface area contributed by atoms with Gasteiger partial charge < -0.3 is 14.2 Å². The Bertz CT molecular complexity index is 1050. The second kappa shape index (κ2) is 7.45. The van der Waals surface area contributed by atoms with Gasteiger partial charge in [-0.25, -0.2) is 4.39 Å². The van der Waals surface area contributed by atoms with Crippen LogP contribution in [0.4, 0.5) is 4.39 Å². The highest BCUT2D eigenvalue weighted by Crippen LogP contribution is 2.36. The predicted molar refractivity (Wildman–Crippen MR) is 103 cm³/mol. The van der Waals surface area contributed by atoms with Crippen LogP contribution in [0.1, 0.15) is 21.6 Å². The molecule has 0 fully saturated rings. The Hall–Kier alpha value is -2.57. The first kappa shape index (κ1) is 18.8. The molecule has 144 valence electrons. The van der Waals surface area contributed by atoms with Crippen LogP contribution in [0, 0.1) is 5.82 Å². The highest BCUT2D eigenvalue weighted by molar-refractivity contribution is 6.37. The van der Waals surface area contributed by atoms with E-state index in [0.717, 1.165) is 11.3 Å². The number of fused-ring (bicyclic) bond motifs is 1. The number of ether oxygens (including phenoxy) is 1. The van der Waals surface area contributed by atoms with Gasteiger partial charge in [0.1, 0.15) is 11.4 Å². The molecule has 0 unspecified atom stereocenters. The maximum atomic E-state index is 13.2. The van der Waals surface area contributed by atoms with Crippen LogP contribution in [0.25, 0.3) is 11.3 Å². The molecule has 0 aliphatic carbocycles. The summed E-state index contributed by atoms with van der Waals surface area (Å²) in [6.45, 7) is 0.740. The van der Waals surface area contributed by atoms with Crippen LogP contribution in [-0.4, -0.2) is 29.6 Å². The number of nitrogens with zero attached hydrogens (tertiary/aromatic N) is 2. The number of carbonyl (C=O) groups is 1.